The third kappa shape index (κ3) is 6.41. The van der Waals surface area contributed by atoms with E-state index in [1.54, 1.807) is 36.4 Å². The molecule has 0 saturated carbocycles. The molecule has 0 amide bonds. The van der Waals surface area contributed by atoms with Crippen molar-refractivity contribution in [3.8, 4) is 0 Å². The van der Waals surface area contributed by atoms with E-state index in [4.69, 9.17) is 9.47 Å². The van der Waals surface area contributed by atoms with Crippen molar-refractivity contribution >= 4 is 46.4 Å². The van der Waals surface area contributed by atoms with Crippen LogP contribution >= 0.6 is 0 Å². The summed E-state index contributed by atoms with van der Waals surface area (Å²) in [6.45, 7) is 2.07. The van der Waals surface area contributed by atoms with Crippen LogP contribution < -0.4 is 10.6 Å². The number of benzene rings is 2. The Morgan fingerprint density at radius 2 is 1.06 bits per heavy atom. The standard InChI is InChI=1S/C26H26N2O8/c1-15(29)35-13-17(31)9-11-27-21-7-8-22(28-12-10-18(32)14-36-16(2)30)24-23(21)25(33)19-5-3-4-6-20(19)26(24)34/h3-8,27-28H,9-14H2,1-2H3. The van der Waals surface area contributed by atoms with Crippen LogP contribution in [-0.2, 0) is 28.7 Å². The molecule has 0 fully saturated rings. The summed E-state index contributed by atoms with van der Waals surface area (Å²) in [5.41, 5.74) is 1.66. The van der Waals surface area contributed by atoms with Gasteiger partial charge in [0.1, 0.15) is 13.2 Å². The molecule has 0 spiro atoms. The summed E-state index contributed by atoms with van der Waals surface area (Å²) in [4.78, 5) is 72.3. The molecule has 1 aliphatic rings. The maximum absolute atomic E-state index is 13.4. The van der Waals surface area contributed by atoms with Crippen LogP contribution in [0.1, 0.15) is 58.5 Å². The molecule has 0 radical (unpaired) electrons. The first kappa shape index (κ1) is 26.3. The largest absolute Gasteiger partial charge is 0.458 e. The third-order valence-corrected chi connectivity index (χ3v) is 5.39. The lowest BCUT2D eigenvalue weighted by molar-refractivity contribution is -0.145. The molecule has 0 bridgehead atoms. The summed E-state index contributed by atoms with van der Waals surface area (Å²) < 4.78 is 9.38. The predicted octanol–water partition coefficient (Wildman–Crippen LogP) is 2.33. The second-order valence-corrected chi connectivity index (χ2v) is 8.11. The van der Waals surface area contributed by atoms with Gasteiger partial charge in [-0.3, -0.25) is 28.8 Å². The lowest BCUT2D eigenvalue weighted by Crippen LogP contribution is -2.25. The molecule has 1 aliphatic carbocycles. The average molecular weight is 495 g/mol. The monoisotopic (exact) mass is 494 g/mol. The minimum atomic E-state index is -0.552. The van der Waals surface area contributed by atoms with Crippen LogP contribution in [0.15, 0.2) is 36.4 Å². The van der Waals surface area contributed by atoms with Gasteiger partial charge in [-0.15, -0.1) is 0 Å². The van der Waals surface area contributed by atoms with Crippen LogP contribution in [0.4, 0.5) is 11.4 Å². The van der Waals surface area contributed by atoms with Gasteiger partial charge in [0.25, 0.3) is 0 Å². The minimum absolute atomic E-state index is 0.0468. The number of fused-ring (bicyclic) bond motifs is 2. The topological polar surface area (TPSA) is 145 Å². The Morgan fingerprint density at radius 1 is 0.667 bits per heavy atom. The minimum Gasteiger partial charge on any atom is -0.458 e. The fraction of sp³-hybridized carbons (Fsp3) is 0.308. The predicted molar refractivity (Wildman–Crippen MR) is 129 cm³/mol. The first-order chi connectivity index (χ1) is 17.2. The number of carbonyl (C=O) groups excluding carboxylic acids is 6. The van der Waals surface area contributed by atoms with Crippen molar-refractivity contribution in [2.24, 2.45) is 0 Å². The molecule has 0 aromatic heterocycles. The van der Waals surface area contributed by atoms with Crippen LogP contribution in [0.3, 0.4) is 0 Å². The maximum Gasteiger partial charge on any atom is 0.303 e. The molecule has 10 nitrogen and oxygen atoms in total. The van der Waals surface area contributed by atoms with Crippen LogP contribution in [-0.4, -0.2) is 61.4 Å². The zero-order chi connectivity index (χ0) is 26.2. The lowest BCUT2D eigenvalue weighted by Gasteiger charge is -2.24. The summed E-state index contributed by atoms with van der Waals surface area (Å²) in [6, 6.07) is 9.76. The van der Waals surface area contributed by atoms with Crippen molar-refractivity contribution in [2.75, 3.05) is 36.9 Å². The van der Waals surface area contributed by atoms with E-state index in [1.807, 2.05) is 0 Å². The zero-order valence-corrected chi connectivity index (χ0v) is 20.0. The summed E-state index contributed by atoms with van der Waals surface area (Å²) in [6.07, 6.45) is 0.0937. The van der Waals surface area contributed by atoms with E-state index in [0.29, 0.717) is 11.4 Å². The van der Waals surface area contributed by atoms with Gasteiger partial charge in [-0.05, 0) is 12.1 Å². The van der Waals surface area contributed by atoms with Crippen molar-refractivity contribution in [2.45, 2.75) is 26.7 Å². The van der Waals surface area contributed by atoms with Crippen molar-refractivity contribution in [1.82, 2.24) is 0 Å². The van der Waals surface area contributed by atoms with Gasteiger partial charge in [-0.2, -0.15) is 0 Å². The van der Waals surface area contributed by atoms with Crippen LogP contribution in [0.2, 0.25) is 0 Å². The Balaban J connectivity index is 1.81. The number of ketones is 4. The molecule has 0 unspecified atom stereocenters. The number of nitrogens with one attached hydrogen (secondary N) is 2. The van der Waals surface area contributed by atoms with Crippen molar-refractivity contribution < 1.29 is 38.2 Å². The zero-order valence-electron chi connectivity index (χ0n) is 20.0. The molecule has 36 heavy (non-hydrogen) atoms. The number of carbonyl (C=O) groups is 6. The van der Waals surface area contributed by atoms with Gasteiger partial charge in [0, 0.05) is 62.3 Å². The van der Waals surface area contributed by atoms with Gasteiger partial charge in [-0.1, -0.05) is 24.3 Å². The highest BCUT2D eigenvalue weighted by atomic mass is 16.5. The fourth-order valence-electron chi connectivity index (χ4n) is 3.70. The highest BCUT2D eigenvalue weighted by Crippen LogP contribution is 2.36. The second kappa shape index (κ2) is 11.9. The van der Waals surface area contributed by atoms with Crippen LogP contribution in [0.5, 0.6) is 0 Å². The van der Waals surface area contributed by atoms with E-state index >= 15 is 0 Å². The van der Waals surface area contributed by atoms with Gasteiger partial charge in [0.2, 0.25) is 0 Å². The average Bonchev–Trinajstić information content (AvgIpc) is 2.85. The van der Waals surface area contributed by atoms with E-state index in [0.717, 1.165) is 0 Å². The molecule has 188 valence electrons. The number of anilines is 2. The van der Waals surface area contributed by atoms with Gasteiger partial charge in [0.05, 0.1) is 11.1 Å². The molecule has 10 heteroatoms. The highest BCUT2D eigenvalue weighted by molar-refractivity contribution is 6.31. The molecule has 2 aromatic carbocycles. The van der Waals surface area contributed by atoms with E-state index in [9.17, 15) is 28.8 Å². The number of Topliss-reactive ketones (excluding diaryl/α,β-unsaturated/α-hetero) is 2. The smallest absolute Gasteiger partial charge is 0.303 e. The first-order valence-corrected chi connectivity index (χ1v) is 11.3. The third-order valence-electron chi connectivity index (χ3n) is 5.39. The summed E-state index contributed by atoms with van der Waals surface area (Å²) in [5, 5.41) is 6.07. The maximum atomic E-state index is 13.4. The number of rotatable bonds is 12. The molecular weight excluding hydrogens is 468 g/mol. The fourth-order valence-corrected chi connectivity index (χ4v) is 3.70. The molecule has 2 aromatic rings. The highest BCUT2D eigenvalue weighted by Gasteiger charge is 2.33. The Kier molecular flexibility index (Phi) is 8.66. The molecule has 2 N–H and O–H groups in total. The Bertz CT molecular complexity index is 1140. The number of hydrogen-bond acceptors (Lipinski definition) is 10. The number of hydrogen-bond donors (Lipinski definition) is 2. The van der Waals surface area contributed by atoms with Crippen molar-refractivity contribution in [1.29, 1.82) is 0 Å². The van der Waals surface area contributed by atoms with Crippen molar-refractivity contribution in [3.63, 3.8) is 0 Å². The van der Waals surface area contributed by atoms with Crippen LogP contribution in [0, 0.1) is 0 Å². The SMILES string of the molecule is CC(=O)OCC(=O)CCNc1ccc(NCCC(=O)COC(C)=O)c2c1C(=O)c1ccccc1C2=O. The second-order valence-electron chi connectivity index (χ2n) is 8.11. The number of esters is 2. The van der Waals surface area contributed by atoms with Gasteiger partial charge in [-0.25, -0.2) is 0 Å². The summed E-state index contributed by atoms with van der Waals surface area (Å²) in [5.74, 6) is -2.38. The van der Waals surface area contributed by atoms with E-state index in [2.05, 4.69) is 10.6 Å². The summed E-state index contributed by atoms with van der Waals surface area (Å²) >= 11 is 0. The quantitative estimate of drug-likeness (QED) is 0.360. The molecule has 0 heterocycles. The Morgan fingerprint density at radius 3 is 1.42 bits per heavy atom. The van der Waals surface area contributed by atoms with Gasteiger partial charge < -0.3 is 20.1 Å². The van der Waals surface area contributed by atoms with Crippen molar-refractivity contribution in [3.05, 3.63) is 58.7 Å². The molecule has 0 saturated heterocycles. The molecule has 3 rings (SSSR count). The van der Waals surface area contributed by atoms with E-state index in [1.165, 1.54) is 13.8 Å². The lowest BCUT2D eigenvalue weighted by atomic mass is 9.82. The van der Waals surface area contributed by atoms with E-state index < -0.39 is 11.9 Å². The normalized spacial score (nSPS) is 11.7. The summed E-state index contributed by atoms with van der Waals surface area (Å²) in [7, 11) is 0. The Labute approximate surface area is 207 Å². The molecule has 0 aliphatic heterocycles. The molecule has 0 atom stereocenters. The van der Waals surface area contributed by atoms with Gasteiger partial charge >= 0.3 is 11.9 Å². The van der Waals surface area contributed by atoms with Gasteiger partial charge in [0.15, 0.2) is 23.1 Å². The van der Waals surface area contributed by atoms with E-state index in [-0.39, 0.29) is 84.5 Å². The molecular formula is C26H26N2O8. The van der Waals surface area contributed by atoms with Crippen LogP contribution in [0.25, 0.3) is 0 Å². The first-order valence-electron chi connectivity index (χ1n) is 11.3. The Hall–Kier alpha value is -4.34. The number of ether oxygens (including phenoxy) is 2.